The Bertz CT molecular complexity index is 604. The smallest absolute Gasteiger partial charge is 0.219 e. The number of halogens is 2. The Balaban J connectivity index is 2.31. The lowest BCUT2D eigenvalue weighted by Crippen LogP contribution is -2.09. The summed E-state index contributed by atoms with van der Waals surface area (Å²) in [7, 11) is 0. The normalized spacial score (nSPS) is 10.1. The van der Waals surface area contributed by atoms with Gasteiger partial charge in [0.2, 0.25) is 5.88 Å². The van der Waals surface area contributed by atoms with E-state index in [1.165, 1.54) is 0 Å². The van der Waals surface area contributed by atoms with E-state index in [0.717, 1.165) is 0 Å². The highest BCUT2D eigenvalue weighted by atomic mass is 35.5. The minimum atomic E-state index is 0.277. The molecule has 2 N–H and O–H groups in total. The molecule has 0 saturated heterocycles. The van der Waals surface area contributed by atoms with Crippen LogP contribution in [0.15, 0.2) is 36.5 Å². The van der Waals surface area contributed by atoms with Crippen LogP contribution in [0.5, 0.6) is 11.6 Å². The van der Waals surface area contributed by atoms with Gasteiger partial charge in [0.05, 0.1) is 5.02 Å². The molecule has 0 unspecified atom stereocenters. The fourth-order valence-corrected chi connectivity index (χ4v) is 1.75. The zero-order chi connectivity index (χ0) is 13.1. The van der Waals surface area contributed by atoms with E-state index >= 15 is 0 Å². The molecule has 1 heterocycles. The highest BCUT2D eigenvalue weighted by Crippen LogP contribution is 2.34. The lowest BCUT2D eigenvalue weighted by atomic mass is 10.3. The summed E-state index contributed by atoms with van der Waals surface area (Å²) < 4.78 is 5.54. The van der Waals surface area contributed by atoms with Crippen molar-refractivity contribution in [3.05, 3.63) is 52.1 Å². The zero-order valence-corrected chi connectivity index (χ0v) is 11.4. The summed E-state index contributed by atoms with van der Waals surface area (Å²) >= 11 is 16.8. The van der Waals surface area contributed by atoms with Gasteiger partial charge in [-0.3, -0.25) is 0 Å². The van der Waals surface area contributed by atoms with Crippen LogP contribution in [0.2, 0.25) is 10.0 Å². The molecule has 2 aromatic rings. The average molecular weight is 299 g/mol. The van der Waals surface area contributed by atoms with Crippen molar-refractivity contribution in [2.45, 2.75) is 0 Å². The first kappa shape index (κ1) is 13.1. The summed E-state index contributed by atoms with van der Waals surface area (Å²) in [4.78, 5) is 4.33. The average Bonchev–Trinajstić information content (AvgIpc) is 2.35. The van der Waals surface area contributed by atoms with Crippen molar-refractivity contribution in [2.24, 2.45) is 5.73 Å². The molecular formula is C12H8Cl2N2OS. The van der Waals surface area contributed by atoms with Crippen LogP contribution in [0, 0.1) is 0 Å². The number of benzene rings is 1. The number of aromatic nitrogens is 1. The fraction of sp³-hybridized carbons (Fsp3) is 0. The second-order valence-electron chi connectivity index (χ2n) is 3.40. The summed E-state index contributed by atoms with van der Waals surface area (Å²) in [5.74, 6) is 0.779. The van der Waals surface area contributed by atoms with E-state index in [0.29, 0.717) is 27.2 Å². The van der Waals surface area contributed by atoms with Gasteiger partial charge in [-0.05, 0) is 18.2 Å². The standard InChI is InChI=1S/C12H8Cl2N2OS/c13-8-2-1-3-9(11(8)14)17-10-6-7(12(15)18)4-5-16-10/h1-6H,(H2,15,18). The van der Waals surface area contributed by atoms with Gasteiger partial charge in [-0.1, -0.05) is 41.5 Å². The predicted octanol–water partition coefficient (Wildman–Crippen LogP) is 3.81. The molecular weight excluding hydrogens is 291 g/mol. The van der Waals surface area contributed by atoms with Gasteiger partial charge in [0.15, 0.2) is 0 Å². The van der Waals surface area contributed by atoms with Gasteiger partial charge in [-0.15, -0.1) is 0 Å². The Labute approximate surface area is 119 Å². The van der Waals surface area contributed by atoms with Crippen molar-refractivity contribution in [3.63, 3.8) is 0 Å². The maximum absolute atomic E-state index is 6.01. The van der Waals surface area contributed by atoms with E-state index in [-0.39, 0.29) is 4.99 Å². The maximum Gasteiger partial charge on any atom is 0.219 e. The van der Waals surface area contributed by atoms with Gasteiger partial charge in [-0.25, -0.2) is 4.98 Å². The Morgan fingerprint density at radius 3 is 2.78 bits per heavy atom. The Morgan fingerprint density at radius 1 is 1.28 bits per heavy atom. The summed E-state index contributed by atoms with van der Waals surface area (Å²) in [6.45, 7) is 0. The zero-order valence-electron chi connectivity index (χ0n) is 9.06. The molecule has 2 rings (SSSR count). The van der Waals surface area contributed by atoms with Crippen molar-refractivity contribution in [1.29, 1.82) is 0 Å². The van der Waals surface area contributed by atoms with Gasteiger partial charge < -0.3 is 10.5 Å². The SMILES string of the molecule is NC(=S)c1ccnc(Oc2cccc(Cl)c2Cl)c1. The molecule has 0 spiro atoms. The first-order valence-electron chi connectivity index (χ1n) is 4.95. The molecule has 0 aliphatic rings. The largest absolute Gasteiger partial charge is 0.437 e. The monoisotopic (exact) mass is 298 g/mol. The minimum Gasteiger partial charge on any atom is -0.437 e. The van der Waals surface area contributed by atoms with Gasteiger partial charge >= 0.3 is 0 Å². The molecule has 6 heteroatoms. The van der Waals surface area contributed by atoms with E-state index in [4.69, 9.17) is 45.9 Å². The van der Waals surface area contributed by atoms with Gasteiger partial charge in [0, 0.05) is 17.8 Å². The van der Waals surface area contributed by atoms with Crippen molar-refractivity contribution in [2.75, 3.05) is 0 Å². The van der Waals surface area contributed by atoms with Crippen molar-refractivity contribution in [3.8, 4) is 11.6 Å². The molecule has 0 bridgehead atoms. The molecule has 0 saturated carbocycles. The number of thiocarbonyl (C=S) groups is 1. The van der Waals surface area contributed by atoms with Gasteiger partial charge in [-0.2, -0.15) is 0 Å². The highest BCUT2D eigenvalue weighted by Gasteiger charge is 2.08. The molecule has 0 aliphatic heterocycles. The van der Waals surface area contributed by atoms with Crippen LogP contribution < -0.4 is 10.5 Å². The molecule has 0 amide bonds. The number of hydrogen-bond donors (Lipinski definition) is 1. The van der Waals surface area contributed by atoms with Crippen LogP contribution in [0.25, 0.3) is 0 Å². The van der Waals surface area contributed by atoms with E-state index in [1.807, 2.05) is 0 Å². The van der Waals surface area contributed by atoms with Crippen LogP contribution in [0.4, 0.5) is 0 Å². The van der Waals surface area contributed by atoms with E-state index in [9.17, 15) is 0 Å². The molecule has 1 aromatic heterocycles. The molecule has 0 fully saturated rings. The second-order valence-corrected chi connectivity index (χ2v) is 4.63. The van der Waals surface area contributed by atoms with Crippen LogP contribution in [0.1, 0.15) is 5.56 Å². The summed E-state index contributed by atoms with van der Waals surface area (Å²) in [5, 5.41) is 0.751. The van der Waals surface area contributed by atoms with Crippen molar-refractivity contribution >= 4 is 40.4 Å². The topological polar surface area (TPSA) is 48.1 Å². The molecule has 0 atom stereocenters. The van der Waals surface area contributed by atoms with E-state index in [2.05, 4.69) is 4.98 Å². The Hall–Kier alpha value is -1.36. The number of pyridine rings is 1. The Morgan fingerprint density at radius 2 is 2.06 bits per heavy atom. The van der Waals surface area contributed by atoms with Crippen LogP contribution in [-0.4, -0.2) is 9.97 Å². The summed E-state index contributed by atoms with van der Waals surface area (Å²) in [5.41, 5.74) is 6.21. The van der Waals surface area contributed by atoms with Crippen LogP contribution in [-0.2, 0) is 0 Å². The van der Waals surface area contributed by atoms with E-state index in [1.54, 1.807) is 36.5 Å². The quantitative estimate of drug-likeness (QED) is 0.875. The third-order valence-corrected chi connectivity index (χ3v) is 3.19. The Kier molecular flexibility index (Phi) is 4.01. The van der Waals surface area contributed by atoms with Crippen LogP contribution in [0.3, 0.4) is 0 Å². The predicted molar refractivity (Wildman–Crippen MR) is 76.7 cm³/mol. The van der Waals surface area contributed by atoms with E-state index < -0.39 is 0 Å². The van der Waals surface area contributed by atoms with Crippen LogP contribution >= 0.6 is 35.4 Å². The number of ether oxygens (including phenoxy) is 1. The molecule has 3 nitrogen and oxygen atoms in total. The van der Waals surface area contributed by atoms with Crippen molar-refractivity contribution in [1.82, 2.24) is 4.98 Å². The molecule has 92 valence electrons. The number of hydrogen-bond acceptors (Lipinski definition) is 3. The van der Waals surface area contributed by atoms with Crippen molar-refractivity contribution < 1.29 is 4.74 Å². The number of nitrogens with zero attached hydrogens (tertiary/aromatic N) is 1. The lowest BCUT2D eigenvalue weighted by molar-refractivity contribution is 0.463. The highest BCUT2D eigenvalue weighted by molar-refractivity contribution is 7.80. The molecule has 0 radical (unpaired) electrons. The fourth-order valence-electron chi connectivity index (χ4n) is 1.29. The first-order valence-corrected chi connectivity index (χ1v) is 6.12. The second kappa shape index (κ2) is 5.52. The van der Waals surface area contributed by atoms with Gasteiger partial charge in [0.1, 0.15) is 15.8 Å². The molecule has 0 aliphatic carbocycles. The number of nitrogens with two attached hydrogens (primary N) is 1. The third kappa shape index (κ3) is 2.90. The maximum atomic E-state index is 6.01. The lowest BCUT2D eigenvalue weighted by Gasteiger charge is -2.08. The first-order chi connectivity index (χ1) is 8.58. The van der Waals surface area contributed by atoms with Gasteiger partial charge in [0.25, 0.3) is 0 Å². The minimum absolute atomic E-state index is 0.277. The summed E-state index contributed by atoms with van der Waals surface area (Å²) in [6, 6.07) is 8.45. The summed E-state index contributed by atoms with van der Waals surface area (Å²) in [6.07, 6.45) is 1.56. The number of rotatable bonds is 3. The molecule has 18 heavy (non-hydrogen) atoms. The third-order valence-electron chi connectivity index (χ3n) is 2.15. The molecule has 1 aromatic carbocycles.